The molecule has 2 aromatic rings. The van der Waals surface area contributed by atoms with Crippen molar-refractivity contribution in [1.29, 1.82) is 0 Å². The van der Waals surface area contributed by atoms with Crippen LogP contribution in [0.25, 0.3) is 0 Å². The highest BCUT2D eigenvalue weighted by atomic mass is 35.5. The van der Waals surface area contributed by atoms with Crippen molar-refractivity contribution in [2.75, 3.05) is 23.0 Å². The number of fused-ring (bicyclic) bond motifs is 1. The molecule has 2 fully saturated rings. The minimum atomic E-state index is -3.14. The molecule has 0 bridgehead atoms. The lowest BCUT2D eigenvalue weighted by Gasteiger charge is -2.25. The number of thioether (sulfide) groups is 1. The van der Waals surface area contributed by atoms with E-state index in [0.717, 1.165) is 0 Å². The van der Waals surface area contributed by atoms with E-state index in [4.69, 9.17) is 27.9 Å². The van der Waals surface area contributed by atoms with E-state index >= 15 is 0 Å². The lowest BCUT2D eigenvalue weighted by Crippen LogP contribution is -2.38. The van der Waals surface area contributed by atoms with Gasteiger partial charge in [0.25, 0.3) is 5.91 Å². The summed E-state index contributed by atoms with van der Waals surface area (Å²) in [6, 6.07) is 13.5. The number of hydrogen-bond acceptors (Lipinski definition) is 5. The number of nitrogens with zero attached hydrogens (tertiary/aromatic N) is 2. The Morgan fingerprint density at radius 1 is 1.14 bits per heavy atom. The maximum Gasteiger partial charge on any atom is 0.285 e. The van der Waals surface area contributed by atoms with Crippen LogP contribution in [0, 0.1) is 0 Å². The van der Waals surface area contributed by atoms with E-state index in [1.807, 2.05) is 6.07 Å². The number of ether oxygens (including phenoxy) is 1. The van der Waals surface area contributed by atoms with Gasteiger partial charge in [0, 0.05) is 10.3 Å². The van der Waals surface area contributed by atoms with E-state index in [1.54, 1.807) is 47.4 Å². The van der Waals surface area contributed by atoms with Crippen molar-refractivity contribution in [2.45, 2.75) is 11.3 Å². The van der Waals surface area contributed by atoms with Crippen molar-refractivity contribution in [3.05, 3.63) is 58.6 Å². The second-order valence-corrected chi connectivity index (χ2v) is 10.9. The Morgan fingerprint density at radius 2 is 1.86 bits per heavy atom. The van der Waals surface area contributed by atoms with Crippen molar-refractivity contribution in [3.63, 3.8) is 0 Å². The molecular formula is C19H16Cl2N2O4S2. The van der Waals surface area contributed by atoms with Gasteiger partial charge in [-0.1, -0.05) is 47.1 Å². The van der Waals surface area contributed by atoms with Gasteiger partial charge in [0.05, 0.1) is 28.3 Å². The van der Waals surface area contributed by atoms with Gasteiger partial charge in [-0.2, -0.15) is 4.99 Å². The number of anilines is 1. The van der Waals surface area contributed by atoms with Crippen LogP contribution in [-0.2, 0) is 14.6 Å². The third kappa shape index (κ3) is 4.55. The van der Waals surface area contributed by atoms with Gasteiger partial charge in [-0.25, -0.2) is 8.42 Å². The van der Waals surface area contributed by atoms with Crippen LogP contribution < -0.4 is 9.64 Å². The van der Waals surface area contributed by atoms with Crippen molar-refractivity contribution in [1.82, 2.24) is 0 Å². The Labute approximate surface area is 182 Å². The van der Waals surface area contributed by atoms with Gasteiger partial charge in [0.1, 0.15) is 5.75 Å². The molecule has 0 saturated carbocycles. The Kier molecular flexibility index (Phi) is 5.79. The minimum Gasteiger partial charge on any atom is -0.484 e. The highest BCUT2D eigenvalue weighted by molar-refractivity contribution is 8.16. The lowest BCUT2D eigenvalue weighted by molar-refractivity contribution is -0.119. The SMILES string of the molecule is O=C(COc1ccc(Cl)cc1)N=C1S[C@@H]2CS(=O)(=O)C[C@H]2N1c1ccccc1Cl. The molecule has 2 atom stereocenters. The van der Waals surface area contributed by atoms with Gasteiger partial charge in [0.15, 0.2) is 21.6 Å². The van der Waals surface area contributed by atoms with E-state index < -0.39 is 15.7 Å². The zero-order chi connectivity index (χ0) is 20.6. The zero-order valence-corrected chi connectivity index (χ0v) is 18.1. The molecule has 6 nitrogen and oxygen atoms in total. The monoisotopic (exact) mass is 470 g/mol. The number of para-hydroxylation sites is 1. The summed E-state index contributed by atoms with van der Waals surface area (Å²) in [5.41, 5.74) is 0.636. The summed E-state index contributed by atoms with van der Waals surface area (Å²) in [6.07, 6.45) is 0. The van der Waals surface area contributed by atoms with Crippen LogP contribution in [0.1, 0.15) is 0 Å². The van der Waals surface area contributed by atoms with E-state index in [0.29, 0.717) is 26.6 Å². The number of aliphatic imine (C=N–C) groups is 1. The molecule has 10 heteroatoms. The standard InChI is InChI=1S/C19H16Cl2N2O4S2/c20-12-5-7-13(8-6-12)27-9-18(24)22-19-23(15-4-2-1-3-14(15)21)16-10-29(25,26)11-17(16)28-19/h1-8,16-17H,9-11H2/t16-,17-/m1/s1. The summed E-state index contributed by atoms with van der Waals surface area (Å²) in [6.45, 7) is -0.240. The summed E-state index contributed by atoms with van der Waals surface area (Å²) in [7, 11) is -3.14. The van der Waals surface area contributed by atoms with Crippen LogP contribution in [0.4, 0.5) is 5.69 Å². The molecule has 0 N–H and O–H groups in total. The number of rotatable bonds is 4. The molecule has 0 aliphatic carbocycles. The summed E-state index contributed by atoms with van der Waals surface area (Å²) in [5, 5.41) is 1.28. The van der Waals surface area contributed by atoms with E-state index in [1.165, 1.54) is 11.8 Å². The van der Waals surface area contributed by atoms with Crippen LogP contribution in [-0.4, -0.2) is 48.9 Å². The molecule has 2 saturated heterocycles. The predicted octanol–water partition coefficient (Wildman–Crippen LogP) is 3.67. The molecule has 4 rings (SSSR count). The van der Waals surface area contributed by atoms with Crippen molar-refractivity contribution in [2.24, 2.45) is 4.99 Å². The first-order valence-corrected chi connectivity index (χ1v) is 12.2. The van der Waals surface area contributed by atoms with Gasteiger partial charge in [-0.15, -0.1) is 0 Å². The summed E-state index contributed by atoms with van der Waals surface area (Å²) in [4.78, 5) is 18.4. The van der Waals surface area contributed by atoms with Crippen molar-refractivity contribution < 1.29 is 17.9 Å². The molecule has 1 amide bonds. The number of hydrogen-bond donors (Lipinski definition) is 0. The number of carbonyl (C=O) groups excluding carboxylic acids is 1. The normalized spacial score (nSPS) is 23.9. The fourth-order valence-electron chi connectivity index (χ4n) is 3.31. The first-order chi connectivity index (χ1) is 13.8. The Morgan fingerprint density at radius 3 is 2.59 bits per heavy atom. The summed E-state index contributed by atoms with van der Waals surface area (Å²) in [5.74, 6) is 0.0950. The maximum atomic E-state index is 12.4. The first kappa shape index (κ1) is 20.5. The topological polar surface area (TPSA) is 76.0 Å². The van der Waals surface area contributed by atoms with Gasteiger partial charge in [-0.3, -0.25) is 4.79 Å². The first-order valence-electron chi connectivity index (χ1n) is 8.73. The average molecular weight is 471 g/mol. The van der Waals surface area contributed by atoms with Crippen molar-refractivity contribution in [3.8, 4) is 5.75 Å². The molecular weight excluding hydrogens is 455 g/mol. The summed E-state index contributed by atoms with van der Waals surface area (Å²) >= 11 is 13.5. The van der Waals surface area contributed by atoms with Crippen LogP contribution in [0.15, 0.2) is 53.5 Å². The summed E-state index contributed by atoms with van der Waals surface area (Å²) < 4.78 is 29.7. The average Bonchev–Trinajstić information content (AvgIpc) is 3.13. The van der Waals surface area contributed by atoms with Crippen LogP contribution >= 0.6 is 35.0 Å². The third-order valence-electron chi connectivity index (χ3n) is 4.57. The van der Waals surface area contributed by atoms with Gasteiger partial charge >= 0.3 is 0 Å². The van der Waals surface area contributed by atoms with Gasteiger partial charge in [0.2, 0.25) is 0 Å². The highest BCUT2D eigenvalue weighted by Gasteiger charge is 2.49. The molecule has 2 heterocycles. The number of amides is 1. The maximum absolute atomic E-state index is 12.4. The molecule has 152 valence electrons. The van der Waals surface area contributed by atoms with Crippen LogP contribution in [0.2, 0.25) is 10.0 Å². The van der Waals surface area contributed by atoms with Crippen LogP contribution in [0.5, 0.6) is 5.75 Å². The number of amidine groups is 1. The number of carbonyl (C=O) groups is 1. The molecule has 0 spiro atoms. The fourth-order valence-corrected chi connectivity index (χ4v) is 7.59. The van der Waals surface area contributed by atoms with E-state index in [9.17, 15) is 13.2 Å². The Hall–Kier alpha value is -1.74. The van der Waals surface area contributed by atoms with Crippen LogP contribution in [0.3, 0.4) is 0 Å². The molecule has 0 unspecified atom stereocenters. The smallest absolute Gasteiger partial charge is 0.285 e. The third-order valence-corrected chi connectivity index (χ3v) is 8.36. The van der Waals surface area contributed by atoms with Crippen molar-refractivity contribution >= 4 is 61.6 Å². The Bertz CT molecular complexity index is 1070. The van der Waals surface area contributed by atoms with E-state index in [2.05, 4.69) is 4.99 Å². The fraction of sp³-hybridized carbons (Fsp3) is 0.263. The minimum absolute atomic E-state index is 0.00434. The van der Waals surface area contributed by atoms with Gasteiger partial charge in [-0.05, 0) is 36.4 Å². The molecule has 0 radical (unpaired) electrons. The molecule has 2 aromatic carbocycles. The Balaban J connectivity index is 1.57. The lowest BCUT2D eigenvalue weighted by atomic mass is 10.2. The van der Waals surface area contributed by atoms with E-state index in [-0.39, 0.29) is 29.4 Å². The largest absolute Gasteiger partial charge is 0.484 e. The molecule has 0 aromatic heterocycles. The second kappa shape index (κ2) is 8.18. The number of benzene rings is 2. The predicted molar refractivity (Wildman–Crippen MR) is 117 cm³/mol. The van der Waals surface area contributed by atoms with Gasteiger partial charge < -0.3 is 9.64 Å². The zero-order valence-electron chi connectivity index (χ0n) is 15.0. The molecule has 29 heavy (non-hydrogen) atoms. The quantitative estimate of drug-likeness (QED) is 0.678. The molecule has 2 aliphatic rings. The second-order valence-electron chi connectivity index (χ2n) is 6.65. The number of sulfone groups is 1. The molecule has 2 aliphatic heterocycles. The highest BCUT2D eigenvalue weighted by Crippen LogP contribution is 2.42. The number of halogens is 2.